The maximum atomic E-state index is 12.9. The minimum Gasteiger partial charge on any atom is -0.503 e. The van der Waals surface area contributed by atoms with Gasteiger partial charge < -0.3 is 23.7 Å². The molecule has 5 rings (SSSR count). The predicted molar refractivity (Wildman–Crippen MR) is 107 cm³/mol. The molecule has 0 spiro atoms. The summed E-state index contributed by atoms with van der Waals surface area (Å²) >= 11 is 0. The van der Waals surface area contributed by atoms with Gasteiger partial charge in [0.2, 0.25) is 5.43 Å². The van der Waals surface area contributed by atoms with Crippen LogP contribution in [-0.4, -0.2) is 50.2 Å². The van der Waals surface area contributed by atoms with Gasteiger partial charge in [0.15, 0.2) is 23.3 Å². The molecule has 0 unspecified atom stereocenters. The van der Waals surface area contributed by atoms with E-state index in [1.165, 1.54) is 15.7 Å². The van der Waals surface area contributed by atoms with Crippen molar-refractivity contribution in [2.45, 2.75) is 32.2 Å². The lowest BCUT2D eigenvalue weighted by atomic mass is 10.1. The second kappa shape index (κ2) is 7.13. The van der Waals surface area contributed by atoms with Gasteiger partial charge in [-0.3, -0.25) is 25.2 Å². The number of ether oxygens (including phenoxy) is 1. The second-order valence-corrected chi connectivity index (χ2v) is 7.46. The highest BCUT2D eigenvalue weighted by Crippen LogP contribution is 2.29. The summed E-state index contributed by atoms with van der Waals surface area (Å²) in [6.45, 7) is 2.58. The van der Waals surface area contributed by atoms with Crippen LogP contribution in [0.25, 0.3) is 11.1 Å². The first-order valence-corrected chi connectivity index (χ1v) is 9.76. The van der Waals surface area contributed by atoms with E-state index in [1.807, 2.05) is 6.92 Å². The van der Waals surface area contributed by atoms with Crippen LogP contribution < -0.4 is 16.3 Å². The van der Waals surface area contributed by atoms with Gasteiger partial charge in [0.1, 0.15) is 11.1 Å². The Kier molecular flexibility index (Phi) is 4.40. The number of hydrogen-bond donors (Lipinski definition) is 3. The molecular formula is C20H19N5O6. The summed E-state index contributed by atoms with van der Waals surface area (Å²) in [4.78, 5) is 43.8. The Balaban J connectivity index is 1.42. The summed E-state index contributed by atoms with van der Waals surface area (Å²) in [5.41, 5.74) is 4.53. The number of oxazole rings is 1. The van der Waals surface area contributed by atoms with Crippen LogP contribution in [0.5, 0.6) is 5.75 Å². The highest BCUT2D eigenvalue weighted by Gasteiger charge is 2.41. The van der Waals surface area contributed by atoms with Gasteiger partial charge in [-0.1, -0.05) is 12.1 Å². The molecule has 4 heterocycles. The van der Waals surface area contributed by atoms with Gasteiger partial charge in [-0.05, 0) is 25.5 Å². The van der Waals surface area contributed by atoms with Crippen LogP contribution >= 0.6 is 0 Å². The van der Waals surface area contributed by atoms with Crippen molar-refractivity contribution in [3.8, 4) is 5.75 Å². The lowest BCUT2D eigenvalue weighted by Crippen LogP contribution is -2.57. The highest BCUT2D eigenvalue weighted by atomic mass is 16.5. The maximum absolute atomic E-state index is 12.9. The highest BCUT2D eigenvalue weighted by molar-refractivity contribution is 5.99. The number of pyridine rings is 1. The van der Waals surface area contributed by atoms with Crippen LogP contribution in [0.15, 0.2) is 39.7 Å². The fourth-order valence-corrected chi connectivity index (χ4v) is 3.92. The SMILES string of the molecule is C[C@@H]1CCO[C@H]2Cn3cc(C(=O)NNc4nc5ccccc5o4)c(=O)c(O)c3C(=O)N12. The number of carbonyl (C=O) groups excluding carboxylic acids is 2. The zero-order valence-electron chi connectivity index (χ0n) is 16.5. The van der Waals surface area contributed by atoms with Crippen LogP contribution in [-0.2, 0) is 11.3 Å². The van der Waals surface area contributed by atoms with Crippen LogP contribution in [0.1, 0.15) is 34.2 Å². The first kappa shape index (κ1) is 19.1. The monoisotopic (exact) mass is 425 g/mol. The number of carbonyl (C=O) groups is 2. The van der Waals surface area contributed by atoms with Crippen molar-refractivity contribution in [1.29, 1.82) is 0 Å². The molecule has 2 amide bonds. The summed E-state index contributed by atoms with van der Waals surface area (Å²) in [5, 5.41) is 10.4. The number of benzene rings is 1. The van der Waals surface area contributed by atoms with E-state index in [0.29, 0.717) is 24.1 Å². The number of hydrogen-bond acceptors (Lipinski definition) is 8. The quantitative estimate of drug-likeness (QED) is 0.529. The Morgan fingerprint density at radius 3 is 2.90 bits per heavy atom. The molecule has 2 aliphatic rings. The molecule has 2 aromatic heterocycles. The molecule has 3 aromatic rings. The fraction of sp³-hybridized carbons (Fsp3) is 0.300. The molecule has 1 fully saturated rings. The number of rotatable bonds is 3. The molecule has 11 nitrogen and oxygen atoms in total. The Morgan fingerprint density at radius 2 is 2.10 bits per heavy atom. The van der Waals surface area contributed by atoms with Gasteiger partial charge in [-0.25, -0.2) is 0 Å². The molecule has 2 atom stereocenters. The standard InChI is InChI=1S/C20H19N5O6/c1-10-6-7-30-14-9-24-8-11(16(26)17(27)15(24)19(29)25(10)14)18(28)22-23-20-21-12-4-2-3-5-13(12)31-20/h2-5,8,10,14,27H,6-7,9H2,1H3,(H,21,23)(H,22,28)/t10-,14+/m1/s1. The largest absolute Gasteiger partial charge is 0.503 e. The average Bonchev–Trinajstić information content (AvgIpc) is 3.17. The van der Waals surface area contributed by atoms with Crippen molar-refractivity contribution in [2.75, 3.05) is 12.0 Å². The predicted octanol–water partition coefficient (Wildman–Crippen LogP) is 1.04. The fourth-order valence-electron chi connectivity index (χ4n) is 3.92. The Hall–Kier alpha value is -3.86. The van der Waals surface area contributed by atoms with Crippen molar-refractivity contribution in [1.82, 2.24) is 19.9 Å². The molecular weight excluding hydrogens is 406 g/mol. The van der Waals surface area contributed by atoms with E-state index in [2.05, 4.69) is 15.8 Å². The number of aromatic nitrogens is 2. The van der Waals surface area contributed by atoms with Gasteiger partial charge in [0.25, 0.3) is 11.8 Å². The van der Waals surface area contributed by atoms with Crippen LogP contribution in [0.2, 0.25) is 0 Å². The molecule has 1 saturated heterocycles. The van der Waals surface area contributed by atoms with E-state index in [0.717, 1.165) is 0 Å². The Bertz CT molecular complexity index is 1230. The number of amides is 2. The molecule has 11 heteroatoms. The number of para-hydroxylation sites is 2. The smallest absolute Gasteiger partial charge is 0.315 e. The van der Waals surface area contributed by atoms with E-state index in [4.69, 9.17) is 9.15 Å². The average molecular weight is 425 g/mol. The van der Waals surface area contributed by atoms with Gasteiger partial charge in [0.05, 0.1) is 13.2 Å². The summed E-state index contributed by atoms with van der Waals surface area (Å²) in [6.07, 6.45) is 1.38. The van der Waals surface area contributed by atoms with Gasteiger partial charge >= 0.3 is 6.01 Å². The van der Waals surface area contributed by atoms with Crippen molar-refractivity contribution in [3.05, 3.63) is 51.9 Å². The minimum absolute atomic E-state index is 0.0345. The zero-order valence-corrected chi connectivity index (χ0v) is 16.5. The van der Waals surface area contributed by atoms with E-state index >= 15 is 0 Å². The minimum atomic E-state index is -0.944. The third-order valence-corrected chi connectivity index (χ3v) is 5.50. The first-order chi connectivity index (χ1) is 14.9. The number of hydrazine groups is 1. The molecule has 0 saturated carbocycles. The number of fused-ring (bicyclic) bond motifs is 3. The van der Waals surface area contributed by atoms with E-state index in [9.17, 15) is 19.5 Å². The topological polar surface area (TPSA) is 139 Å². The molecule has 3 N–H and O–H groups in total. The van der Waals surface area contributed by atoms with Crippen molar-refractivity contribution < 1.29 is 23.8 Å². The van der Waals surface area contributed by atoms with E-state index in [1.54, 1.807) is 24.3 Å². The lowest BCUT2D eigenvalue weighted by molar-refractivity contribution is -0.112. The molecule has 160 valence electrons. The molecule has 1 aromatic carbocycles. The first-order valence-electron chi connectivity index (χ1n) is 9.76. The Morgan fingerprint density at radius 1 is 1.29 bits per heavy atom. The van der Waals surface area contributed by atoms with Crippen molar-refractivity contribution >= 4 is 28.9 Å². The summed E-state index contributed by atoms with van der Waals surface area (Å²) in [6, 6.07) is 6.99. The molecule has 2 aliphatic heterocycles. The maximum Gasteiger partial charge on any atom is 0.315 e. The summed E-state index contributed by atoms with van der Waals surface area (Å²) < 4.78 is 12.5. The molecule has 0 bridgehead atoms. The normalized spacial score (nSPS) is 20.3. The van der Waals surface area contributed by atoms with E-state index in [-0.39, 0.29) is 29.9 Å². The van der Waals surface area contributed by atoms with Crippen LogP contribution in [0.3, 0.4) is 0 Å². The summed E-state index contributed by atoms with van der Waals surface area (Å²) in [5.74, 6) is -2.09. The summed E-state index contributed by atoms with van der Waals surface area (Å²) in [7, 11) is 0. The number of anilines is 1. The number of nitrogens with zero attached hydrogens (tertiary/aromatic N) is 3. The number of aromatic hydroxyl groups is 1. The zero-order chi connectivity index (χ0) is 21.7. The van der Waals surface area contributed by atoms with Crippen molar-refractivity contribution in [3.63, 3.8) is 0 Å². The molecule has 0 radical (unpaired) electrons. The molecule has 0 aliphatic carbocycles. The third kappa shape index (κ3) is 3.10. The van der Waals surface area contributed by atoms with E-state index < -0.39 is 29.2 Å². The van der Waals surface area contributed by atoms with Gasteiger partial charge in [-0.15, -0.1) is 0 Å². The van der Waals surface area contributed by atoms with Crippen LogP contribution in [0.4, 0.5) is 6.01 Å². The number of nitrogens with one attached hydrogen (secondary N) is 2. The van der Waals surface area contributed by atoms with Gasteiger partial charge in [0, 0.05) is 12.2 Å². The van der Waals surface area contributed by atoms with Crippen LogP contribution in [0, 0.1) is 0 Å². The van der Waals surface area contributed by atoms with Gasteiger partial charge in [-0.2, -0.15) is 4.98 Å². The second-order valence-electron chi connectivity index (χ2n) is 7.46. The third-order valence-electron chi connectivity index (χ3n) is 5.50. The Labute approximate surface area is 175 Å². The van der Waals surface area contributed by atoms with Crippen molar-refractivity contribution in [2.24, 2.45) is 0 Å². The molecule has 31 heavy (non-hydrogen) atoms. The lowest BCUT2D eigenvalue weighted by Gasteiger charge is -2.44.